The summed E-state index contributed by atoms with van der Waals surface area (Å²) in [6.07, 6.45) is -2.74. The first-order valence-corrected chi connectivity index (χ1v) is 48.5. The first kappa shape index (κ1) is 115. The number of benzene rings is 4. The third-order valence-electron chi connectivity index (χ3n) is 21.4. The molecule has 0 saturated carbocycles. The normalized spacial score (nSPS) is 12.8. The van der Waals surface area contributed by atoms with Gasteiger partial charge >= 0.3 is 33.2 Å². The Labute approximate surface area is 801 Å². The minimum atomic E-state index is -5.66. The van der Waals surface area contributed by atoms with Gasteiger partial charge in [0.2, 0.25) is 76.8 Å². The maximum atomic E-state index is 14.2. The zero-order valence-corrected chi connectivity index (χ0v) is 79.4. The van der Waals surface area contributed by atoms with Crippen molar-refractivity contribution in [2.24, 2.45) is 17.4 Å². The van der Waals surface area contributed by atoms with Crippen molar-refractivity contribution in [3.05, 3.63) is 114 Å². The quantitative estimate of drug-likeness (QED) is 0.0170. The highest BCUT2D eigenvalue weighted by atomic mass is 31.2. The molecule has 139 heavy (non-hydrogen) atoms. The topological polar surface area (TPSA) is 740 Å². The van der Waals surface area contributed by atoms with Crippen LogP contribution in [0.15, 0.2) is 97.1 Å². The third-order valence-corrected chi connectivity index (χ3v) is 25.3. The average Bonchev–Trinajstić information content (AvgIpc) is 1.63. The highest BCUT2D eigenvalue weighted by Crippen LogP contribution is 2.69. The fraction of sp³-hybridized carbons (Fsp3) is 0.523. The number of hydrogen-bond acceptors (Lipinski definition) is 26. The van der Waals surface area contributed by atoms with Gasteiger partial charge in [-0.15, -0.1) is 5.10 Å². The van der Waals surface area contributed by atoms with Gasteiger partial charge in [0.1, 0.15) is 35.9 Å². The highest BCUT2D eigenvalue weighted by molar-refractivity contribution is 7.72. The van der Waals surface area contributed by atoms with Crippen molar-refractivity contribution in [2.45, 2.75) is 185 Å². The van der Waals surface area contributed by atoms with Gasteiger partial charge in [-0.05, 0) is 105 Å². The Morgan fingerprint density at radius 3 is 1.53 bits per heavy atom. The van der Waals surface area contributed by atoms with Crippen LogP contribution in [-0.4, -0.2) is 285 Å². The number of nitrogens with two attached hydrogens (primary N) is 2. The van der Waals surface area contributed by atoms with Crippen LogP contribution in [0, 0.1) is 12.8 Å². The molecule has 0 saturated heterocycles. The molecule has 1 aliphatic rings. The lowest BCUT2D eigenvalue weighted by Gasteiger charge is -2.29. The molecule has 17 amide bonds. The average molecular weight is 1990 g/mol. The van der Waals surface area contributed by atoms with Crippen LogP contribution < -0.4 is 90.8 Å². The summed E-state index contributed by atoms with van der Waals surface area (Å²) in [5, 5.41) is 71.3. The van der Waals surface area contributed by atoms with E-state index in [-0.39, 0.29) is 207 Å². The van der Waals surface area contributed by atoms with Crippen molar-refractivity contribution >= 4 is 127 Å². The Morgan fingerprint density at radius 1 is 0.475 bits per heavy atom. The Kier molecular flexibility index (Phi) is 49.7. The largest absolute Gasteiger partial charge is 0.481 e. The molecule has 764 valence electrons. The van der Waals surface area contributed by atoms with Gasteiger partial charge in [-0.25, -0.2) is 14.3 Å². The van der Waals surface area contributed by atoms with Crippen molar-refractivity contribution in [1.29, 1.82) is 0 Å². The first-order valence-electron chi connectivity index (χ1n) is 45.2. The monoisotopic (exact) mass is 1990 g/mol. The molecule has 0 unspecified atom stereocenters. The van der Waals surface area contributed by atoms with Crippen LogP contribution in [-0.2, 0) is 115 Å². The Bertz CT molecular complexity index is 5040. The highest BCUT2D eigenvalue weighted by Gasteiger charge is 2.58. The lowest BCUT2D eigenvalue weighted by Crippen LogP contribution is -2.60. The van der Waals surface area contributed by atoms with Crippen LogP contribution in [0.5, 0.6) is 0 Å². The molecule has 1 aliphatic heterocycles. The molecule has 5 aromatic rings. The number of aryl methyl sites for hydroxylation is 2. The number of ether oxygens (including phenoxy) is 4. The molecule has 0 bridgehead atoms. The van der Waals surface area contributed by atoms with Gasteiger partial charge in [-0.1, -0.05) is 91.9 Å². The number of aromatic nitrogens is 3. The predicted octanol–water partition coefficient (Wildman–Crippen LogP) is -0.639. The molecule has 1 aromatic heterocycles. The molecular weight excluding hydrogens is 1860 g/mol. The summed E-state index contributed by atoms with van der Waals surface area (Å²) in [5.41, 5.74) is 16.7. The number of amides is 17. The number of carbonyl (C=O) groups excluding carboxylic acids is 15. The molecule has 51 heteroatoms. The molecule has 49 nitrogen and oxygen atoms in total. The summed E-state index contributed by atoms with van der Waals surface area (Å²) in [5.74, 6) is -10.1. The SMILES string of the molecule is Cc1ccccc1NC(=O)Nc1ccc(CC(=O)N[C@@H](CCCNC(N)=O)C(=O)N[C@@H](CCC(=O)O)C(=O)N[C@@H](CO)C(=O)N[C@H](C(=O)NCCOCCOCCNC(=O)CCC(=O)NCCOCCOCCNC(=O)CCC(=O)N[C@@H](CCCCNC(=O)CCC(=O)N2Cc3ccccc3-c3nnn(CCCC(=O)NCCCC(O)(P(=O)(O)O)P(=O)(O)O)c3-c3ccccc32)C(N)=O)C(C)C)cc1. The van der Waals surface area contributed by atoms with Gasteiger partial charge in [-0.2, -0.15) is 0 Å². The Balaban J connectivity index is 0.758. The molecule has 25 N–H and O–H groups in total. The summed E-state index contributed by atoms with van der Waals surface area (Å²) in [4.78, 5) is 245. The molecule has 4 aromatic carbocycles. The van der Waals surface area contributed by atoms with Gasteiger partial charge < -0.3 is 145 Å². The van der Waals surface area contributed by atoms with Crippen LogP contribution in [0.1, 0.15) is 140 Å². The molecule has 6 rings (SSSR count). The molecule has 0 fully saturated rings. The third kappa shape index (κ3) is 41.4. The number of anilines is 3. The number of carbonyl (C=O) groups is 16. The maximum absolute atomic E-state index is 14.2. The molecule has 0 radical (unpaired) electrons. The number of unbranched alkanes of at least 4 members (excludes halogenated alkanes) is 1. The zero-order valence-electron chi connectivity index (χ0n) is 77.6. The fourth-order valence-corrected chi connectivity index (χ4v) is 16.1. The number of nitrogens with one attached hydrogen (secondary N) is 14. The second kappa shape index (κ2) is 60.1. The molecule has 2 heterocycles. The summed E-state index contributed by atoms with van der Waals surface area (Å²) < 4.78 is 47.0. The number of hydrogen-bond donors (Lipinski definition) is 23. The summed E-state index contributed by atoms with van der Waals surface area (Å²) in [6.45, 7) is 5.57. The zero-order chi connectivity index (χ0) is 102. The number of para-hydroxylation sites is 2. The van der Waals surface area contributed by atoms with Crippen LogP contribution in [0.3, 0.4) is 0 Å². The van der Waals surface area contributed by atoms with Gasteiger partial charge in [0.15, 0.2) is 0 Å². The van der Waals surface area contributed by atoms with Gasteiger partial charge in [0, 0.05) is 133 Å². The van der Waals surface area contributed by atoms with E-state index in [2.05, 4.69) is 84.7 Å². The molecule has 0 aliphatic carbocycles. The number of fused-ring (bicyclic) bond motifs is 5. The summed E-state index contributed by atoms with van der Waals surface area (Å²) in [6, 6.07) is 19.5. The summed E-state index contributed by atoms with van der Waals surface area (Å²) >= 11 is 0. The number of nitrogens with zero attached hydrogens (tertiary/aromatic N) is 4. The smallest absolute Gasteiger partial charge is 0.369 e. The van der Waals surface area contributed by atoms with Crippen molar-refractivity contribution in [3.63, 3.8) is 0 Å². The number of urea groups is 2. The van der Waals surface area contributed by atoms with Crippen molar-refractivity contribution < 1.29 is 140 Å². The molecule has 0 spiro atoms. The van der Waals surface area contributed by atoms with Gasteiger partial charge in [0.05, 0.1) is 83.8 Å². The van der Waals surface area contributed by atoms with E-state index >= 15 is 0 Å². The molecular formula is C88H128N20O29P2. The fourth-order valence-electron chi connectivity index (χ4n) is 13.9. The van der Waals surface area contributed by atoms with Crippen LogP contribution in [0.25, 0.3) is 22.5 Å². The Morgan fingerprint density at radius 2 is 0.964 bits per heavy atom. The van der Waals surface area contributed by atoms with Crippen molar-refractivity contribution in [3.8, 4) is 22.5 Å². The maximum Gasteiger partial charge on any atom is 0.369 e. The number of aliphatic hydroxyl groups excluding tert-OH is 1. The van der Waals surface area contributed by atoms with Crippen molar-refractivity contribution in [2.75, 3.05) is 121 Å². The number of carboxylic acids is 1. The van der Waals surface area contributed by atoms with E-state index in [1.54, 1.807) is 84.1 Å². The standard InChI is InChI=1S/C88H128N20O29P2/c1-56(2)78(104-84(123)67(55-109)102-83(122)66(28-35-77(118)119)101-82(121)65(21-12-38-97-86(90)125)100-75(116)53-58-24-26-60(27-25-58)98-87(126)103-63-19-8-4-15-57(63)3)85(124)96-43-48-137-52-51-136-46-41-94-71(112)30-29-70(111)93-40-45-134-49-50-135-47-42-95-72(113)31-32-74(115)99-64(81(89)120)20-10-11-37-91-73(114)33-34-76(117)107-54-59-16-5-6-17-61(59)79-80(62-18-7-9-22-68(62)107)108(106-105-79)44-13-23-69(110)92-39-14-36-88(127,138(128,129)130)139(131,132)133/h4-9,15-19,22,24-27,56,64-67,78,109,127H,10-14,20-21,23,28-55H2,1-3H3,(H2,89,120)(H,91,114)(H,92,110)(H,93,111)(H,94,112)(H,95,113)(H,96,124)(H,99,115)(H,100,116)(H,101,121)(H,102,122)(H,104,123)(H,118,119)(H3,90,97,125)(H2,98,103,126)(H2,128,129,130)(H2,131,132,133)/t64-,65-,66-,67-,78-/m0/s1. The lowest BCUT2D eigenvalue weighted by molar-refractivity contribution is -0.139. The van der Waals surface area contributed by atoms with E-state index in [1.165, 1.54) is 0 Å². The van der Waals surface area contributed by atoms with Crippen LogP contribution in [0.4, 0.5) is 26.7 Å². The minimum Gasteiger partial charge on any atom is -0.481 e. The number of primary amides is 2. The summed E-state index contributed by atoms with van der Waals surface area (Å²) in [7, 11) is -11.3. The minimum absolute atomic E-state index is 0.0115. The van der Waals surface area contributed by atoms with E-state index in [1.807, 2.05) is 43.3 Å². The van der Waals surface area contributed by atoms with E-state index in [0.29, 0.717) is 58.0 Å². The second-order valence-electron chi connectivity index (χ2n) is 32.5. The second-order valence-corrected chi connectivity index (χ2v) is 36.5. The number of aliphatic carboxylic acids is 1. The molecule has 5 atom stereocenters. The van der Waals surface area contributed by atoms with Gasteiger partial charge in [0.25, 0.3) is 5.08 Å². The van der Waals surface area contributed by atoms with E-state index in [9.17, 15) is 121 Å². The number of carboxylic acid groups (broad SMARTS) is 1. The lowest BCUT2D eigenvalue weighted by atomic mass is 9.95. The Hall–Kier alpha value is -12.8. The van der Waals surface area contributed by atoms with E-state index in [4.69, 9.17) is 30.4 Å². The van der Waals surface area contributed by atoms with Crippen LogP contribution >= 0.6 is 15.2 Å². The predicted molar refractivity (Wildman–Crippen MR) is 501 cm³/mol. The number of rotatable bonds is 65. The van der Waals surface area contributed by atoms with Crippen LogP contribution in [0.2, 0.25) is 0 Å². The van der Waals surface area contributed by atoms with E-state index in [0.717, 1.165) is 11.1 Å². The van der Waals surface area contributed by atoms with Gasteiger partial charge in [-0.3, -0.25) is 76.3 Å². The first-order chi connectivity index (χ1) is 66.2. The van der Waals surface area contributed by atoms with Crippen molar-refractivity contribution in [1.82, 2.24) is 78.8 Å². The van der Waals surface area contributed by atoms with E-state index < -0.39 is 165 Å². The number of aliphatic hydroxyl groups is 2.